The molecule has 1 unspecified atom stereocenters. The molecule has 5 nitrogen and oxygen atoms in total. The third-order valence-corrected chi connectivity index (χ3v) is 12.2. The van der Waals surface area contributed by atoms with Gasteiger partial charge >= 0.3 is 0 Å². The number of benzene rings is 2. The van der Waals surface area contributed by atoms with E-state index >= 15 is 0 Å². The Morgan fingerprint density at radius 1 is 1.03 bits per heavy atom. The van der Waals surface area contributed by atoms with Crippen molar-refractivity contribution in [2.75, 3.05) is 6.61 Å². The summed E-state index contributed by atoms with van der Waals surface area (Å²) in [5.74, 6) is 0. The van der Waals surface area contributed by atoms with Crippen LogP contribution < -0.4 is 0 Å². The fraction of sp³-hybridized carbons (Fsp3) is 0.391. The van der Waals surface area contributed by atoms with Gasteiger partial charge in [0.05, 0.1) is 23.1 Å². The topological polar surface area (TPSA) is 68.5 Å². The van der Waals surface area contributed by atoms with Crippen LogP contribution in [0.3, 0.4) is 0 Å². The molecule has 1 N–H and O–H groups in total. The Kier molecular flexibility index (Phi) is 6.29. The Labute approximate surface area is 180 Å². The van der Waals surface area contributed by atoms with Crippen LogP contribution in [0.15, 0.2) is 65.6 Å². The molecule has 3 aromatic rings. The third kappa shape index (κ3) is 4.54. The second-order valence-corrected chi connectivity index (χ2v) is 15.8. The van der Waals surface area contributed by atoms with Crippen LogP contribution in [-0.2, 0) is 20.9 Å². The molecule has 0 radical (unpaired) electrons. The van der Waals surface area contributed by atoms with Gasteiger partial charge in [0.25, 0.3) is 10.0 Å². The molecule has 0 saturated carbocycles. The van der Waals surface area contributed by atoms with Gasteiger partial charge in [-0.3, -0.25) is 0 Å². The zero-order valence-corrected chi connectivity index (χ0v) is 20.1. The van der Waals surface area contributed by atoms with E-state index in [1.165, 1.54) is 3.97 Å². The zero-order chi connectivity index (χ0) is 22.2. The minimum absolute atomic E-state index is 0.0399. The fourth-order valence-electron chi connectivity index (χ4n) is 3.13. The Bertz CT molecular complexity index is 1120. The molecule has 3 rings (SSSR count). The lowest BCUT2D eigenvalue weighted by Gasteiger charge is -2.36. The first-order valence-corrected chi connectivity index (χ1v) is 14.5. The van der Waals surface area contributed by atoms with Gasteiger partial charge in [-0.2, -0.15) is 0 Å². The summed E-state index contributed by atoms with van der Waals surface area (Å²) in [5, 5.41) is 11.6. The minimum Gasteiger partial charge on any atom is -0.414 e. The van der Waals surface area contributed by atoms with E-state index in [4.69, 9.17) is 4.43 Å². The smallest absolute Gasteiger partial charge is 0.268 e. The van der Waals surface area contributed by atoms with Crippen molar-refractivity contribution in [1.29, 1.82) is 0 Å². The van der Waals surface area contributed by atoms with Crippen molar-refractivity contribution >= 4 is 29.2 Å². The van der Waals surface area contributed by atoms with Crippen molar-refractivity contribution in [2.24, 2.45) is 0 Å². The summed E-state index contributed by atoms with van der Waals surface area (Å²) in [6, 6.07) is 17.6. The standard InChI is InChI=1S/C23H31NO4SSi/c1-23(2,3)30(4,5)28-17-20(25)16-19-15-18-11-9-10-14-22(18)24(19)29(26,27)21-12-7-6-8-13-21/h6-15,20,25H,16-17H2,1-5H3. The van der Waals surface area contributed by atoms with E-state index in [1.807, 2.05) is 24.3 Å². The molecule has 0 amide bonds. The van der Waals surface area contributed by atoms with Crippen LogP contribution in [0, 0.1) is 0 Å². The number of nitrogens with zero attached hydrogens (tertiary/aromatic N) is 1. The highest BCUT2D eigenvalue weighted by Gasteiger charge is 2.37. The number of para-hydroxylation sites is 1. The van der Waals surface area contributed by atoms with Gasteiger partial charge in [-0.1, -0.05) is 57.2 Å². The van der Waals surface area contributed by atoms with Crippen LogP contribution in [0.2, 0.25) is 18.1 Å². The quantitative estimate of drug-likeness (QED) is 0.530. The number of aromatic nitrogens is 1. The third-order valence-electron chi connectivity index (χ3n) is 5.91. The maximum Gasteiger partial charge on any atom is 0.268 e. The molecule has 0 bridgehead atoms. The van der Waals surface area contributed by atoms with Crippen LogP contribution >= 0.6 is 0 Å². The molecule has 30 heavy (non-hydrogen) atoms. The van der Waals surface area contributed by atoms with E-state index < -0.39 is 24.4 Å². The van der Waals surface area contributed by atoms with Gasteiger partial charge in [0.1, 0.15) is 0 Å². The summed E-state index contributed by atoms with van der Waals surface area (Å²) in [6.45, 7) is 10.9. The molecule has 1 heterocycles. The fourth-order valence-corrected chi connectivity index (χ4v) is 5.75. The van der Waals surface area contributed by atoms with Gasteiger partial charge in [0, 0.05) is 17.5 Å². The van der Waals surface area contributed by atoms with E-state index in [0.717, 1.165) is 5.39 Å². The molecule has 0 saturated heterocycles. The zero-order valence-electron chi connectivity index (χ0n) is 18.3. The van der Waals surface area contributed by atoms with Gasteiger partial charge in [-0.05, 0) is 42.4 Å². The second-order valence-electron chi connectivity index (χ2n) is 9.21. The monoisotopic (exact) mass is 445 g/mol. The van der Waals surface area contributed by atoms with Crippen LogP contribution in [0.5, 0.6) is 0 Å². The molecule has 0 fully saturated rings. The Morgan fingerprint density at radius 3 is 2.27 bits per heavy atom. The van der Waals surface area contributed by atoms with Gasteiger partial charge in [-0.15, -0.1) is 0 Å². The first-order chi connectivity index (χ1) is 13.9. The van der Waals surface area contributed by atoms with Gasteiger partial charge in [0.15, 0.2) is 8.32 Å². The molecular weight excluding hydrogens is 414 g/mol. The number of aliphatic hydroxyl groups excluding tert-OH is 1. The molecule has 1 atom stereocenters. The first kappa shape index (κ1) is 22.7. The van der Waals surface area contributed by atoms with Gasteiger partial charge in [-0.25, -0.2) is 12.4 Å². The van der Waals surface area contributed by atoms with E-state index in [1.54, 1.807) is 36.4 Å². The molecule has 1 aromatic heterocycles. The maximum absolute atomic E-state index is 13.4. The summed E-state index contributed by atoms with van der Waals surface area (Å²) < 4.78 is 34.3. The van der Waals surface area contributed by atoms with E-state index in [0.29, 0.717) is 11.2 Å². The van der Waals surface area contributed by atoms with Crippen molar-refractivity contribution in [1.82, 2.24) is 3.97 Å². The lowest BCUT2D eigenvalue weighted by Crippen LogP contribution is -2.43. The van der Waals surface area contributed by atoms with Crippen LogP contribution in [0.4, 0.5) is 0 Å². The Hall–Kier alpha value is -1.93. The van der Waals surface area contributed by atoms with Crippen molar-refractivity contribution < 1.29 is 18.0 Å². The van der Waals surface area contributed by atoms with Crippen LogP contribution in [0.25, 0.3) is 10.9 Å². The number of hydrogen-bond donors (Lipinski definition) is 1. The number of aliphatic hydroxyl groups is 1. The van der Waals surface area contributed by atoms with Gasteiger partial charge < -0.3 is 9.53 Å². The predicted molar refractivity (Wildman–Crippen MR) is 124 cm³/mol. The van der Waals surface area contributed by atoms with Crippen LogP contribution in [0.1, 0.15) is 26.5 Å². The number of rotatable bonds is 7. The Morgan fingerprint density at radius 2 is 1.63 bits per heavy atom. The first-order valence-electron chi connectivity index (χ1n) is 10.2. The Balaban J connectivity index is 1.95. The summed E-state index contributed by atoms with van der Waals surface area (Å²) in [5.41, 5.74) is 1.15. The molecule has 162 valence electrons. The molecule has 0 aliphatic heterocycles. The molecular formula is C23H31NO4SSi. The molecule has 2 aromatic carbocycles. The highest BCUT2D eigenvalue weighted by Crippen LogP contribution is 2.36. The van der Waals surface area contributed by atoms with Gasteiger partial charge in [0.2, 0.25) is 0 Å². The summed E-state index contributed by atoms with van der Waals surface area (Å²) in [4.78, 5) is 0.222. The van der Waals surface area contributed by atoms with Crippen molar-refractivity contribution in [3.63, 3.8) is 0 Å². The minimum atomic E-state index is -3.79. The largest absolute Gasteiger partial charge is 0.414 e. The second kappa shape index (κ2) is 8.30. The SMILES string of the molecule is CC(C)(C)[Si](C)(C)OCC(O)Cc1cc2ccccc2n1S(=O)(=O)c1ccccc1. The highest BCUT2D eigenvalue weighted by molar-refractivity contribution is 7.90. The van der Waals surface area contributed by atoms with Crippen molar-refractivity contribution in [3.05, 3.63) is 66.4 Å². The highest BCUT2D eigenvalue weighted by atomic mass is 32.2. The average molecular weight is 446 g/mol. The maximum atomic E-state index is 13.4. The van der Waals surface area contributed by atoms with E-state index in [9.17, 15) is 13.5 Å². The molecule has 0 aliphatic carbocycles. The normalized spacial score (nSPS) is 14.2. The summed E-state index contributed by atoms with van der Waals surface area (Å²) in [7, 11) is -5.80. The summed E-state index contributed by atoms with van der Waals surface area (Å²) in [6.07, 6.45) is -0.608. The van der Waals surface area contributed by atoms with Crippen molar-refractivity contribution in [2.45, 2.75) is 56.3 Å². The van der Waals surface area contributed by atoms with Crippen LogP contribution in [-0.4, -0.2) is 38.5 Å². The molecule has 0 aliphatic rings. The molecule has 7 heteroatoms. The predicted octanol–water partition coefficient (Wildman–Crippen LogP) is 4.80. The van der Waals surface area contributed by atoms with E-state index in [-0.39, 0.29) is 23.0 Å². The molecule has 0 spiro atoms. The number of hydrogen-bond acceptors (Lipinski definition) is 4. The average Bonchev–Trinajstić information content (AvgIpc) is 3.04. The van der Waals surface area contributed by atoms with E-state index in [2.05, 4.69) is 33.9 Å². The lowest BCUT2D eigenvalue weighted by atomic mass is 10.2. The number of fused-ring (bicyclic) bond motifs is 1. The van der Waals surface area contributed by atoms with Crippen molar-refractivity contribution in [3.8, 4) is 0 Å². The summed E-state index contributed by atoms with van der Waals surface area (Å²) >= 11 is 0. The lowest BCUT2D eigenvalue weighted by molar-refractivity contribution is 0.0992.